The van der Waals surface area contributed by atoms with E-state index in [9.17, 15) is 0 Å². The van der Waals surface area contributed by atoms with E-state index in [0.717, 1.165) is 47.3 Å². The van der Waals surface area contributed by atoms with Crippen molar-refractivity contribution in [1.29, 1.82) is 0 Å². The highest BCUT2D eigenvalue weighted by molar-refractivity contribution is 4.98. The van der Waals surface area contributed by atoms with Gasteiger partial charge < -0.3 is 0 Å². The molecule has 478 valence electrons. The molecule has 0 aliphatic heterocycles. The topological polar surface area (TPSA) is 0 Å². The lowest BCUT2D eigenvalue weighted by atomic mass is 9.51. The van der Waals surface area contributed by atoms with Crippen LogP contribution in [-0.4, -0.2) is 0 Å². The van der Waals surface area contributed by atoms with Crippen molar-refractivity contribution in [3.05, 3.63) is 0 Å². The third kappa shape index (κ3) is 40.4. The first-order valence-electron chi connectivity index (χ1n) is 39.7. The maximum Gasteiger partial charge on any atom is -0.0352 e. The Morgan fingerprint density at radius 2 is 0.175 bits per heavy atom. The third-order valence-corrected chi connectivity index (χ3v) is 22.1. The molecule has 0 aromatic heterocycles. The van der Waals surface area contributed by atoms with Crippen LogP contribution in [0.2, 0.25) is 0 Å². The van der Waals surface area contributed by atoms with Crippen LogP contribution in [0.4, 0.5) is 0 Å². The summed E-state index contributed by atoms with van der Waals surface area (Å²) in [6.45, 7) is 14.2. The second kappa shape index (κ2) is 59.3. The Hall–Kier alpha value is 0. The Labute approximate surface area is 510 Å². The van der Waals surface area contributed by atoms with Crippen LogP contribution < -0.4 is 0 Å². The molecule has 0 heterocycles. The van der Waals surface area contributed by atoms with E-state index in [-0.39, 0.29) is 0 Å². The van der Waals surface area contributed by atoms with Gasteiger partial charge in [0.25, 0.3) is 0 Å². The molecule has 2 rings (SSSR count). The van der Waals surface area contributed by atoms with Gasteiger partial charge in [0.1, 0.15) is 0 Å². The van der Waals surface area contributed by atoms with Gasteiger partial charge in [0.15, 0.2) is 0 Å². The number of rotatable bonds is 67. The summed E-state index contributed by atoms with van der Waals surface area (Å²) in [5, 5.41) is 0. The fourth-order valence-electron chi connectivity index (χ4n) is 16.9. The van der Waals surface area contributed by atoms with E-state index >= 15 is 0 Å². The number of unbranched alkanes of at least 4 members (excludes halogenated alkanes) is 51. The first-order chi connectivity index (χ1) is 39.7. The highest BCUT2D eigenvalue weighted by atomic mass is 14.5. The molecule has 0 bridgehead atoms. The summed E-state index contributed by atoms with van der Waals surface area (Å²) in [7, 11) is 0. The van der Waals surface area contributed by atoms with Gasteiger partial charge >= 0.3 is 0 Å². The van der Waals surface area contributed by atoms with Gasteiger partial charge in [-0.1, -0.05) is 414 Å². The highest BCUT2D eigenvalue weighted by Gasteiger charge is 2.48. The van der Waals surface area contributed by atoms with E-state index < -0.39 is 0 Å². The van der Waals surface area contributed by atoms with Crippen LogP contribution in [0.3, 0.4) is 0 Å². The second-order valence-electron chi connectivity index (χ2n) is 29.0. The van der Waals surface area contributed by atoms with Crippen molar-refractivity contribution < 1.29 is 0 Å². The van der Waals surface area contributed by atoms with Crippen LogP contribution in [0.25, 0.3) is 0 Å². The average molecular weight is 1120 g/mol. The molecular weight excluding hydrogens is 961 g/mol. The Bertz CT molecular complexity index is 1030. The summed E-state index contributed by atoms with van der Waals surface area (Å²) in [6, 6.07) is 0. The standard InChI is InChI=1S/C80H158/c1-7-13-19-25-41-49-57-65-73-75(67-59-51-43-27-21-15-9-3)79(76(73)68-60-52-44-28-22-16-10-4)71-63-55-47-39-37-35-33-31-32-34-36-38-40-48-56-64-72-80-77(69-61-53-45-29-23-17-11-5)74(66-58-50-42-26-20-14-8-2)78(80)70-62-54-46-30-24-18-12-6/h73-80H,7-72H2,1-6H3. The van der Waals surface area contributed by atoms with Crippen molar-refractivity contribution in [3.8, 4) is 0 Å². The Morgan fingerprint density at radius 1 is 0.100 bits per heavy atom. The lowest BCUT2D eigenvalue weighted by molar-refractivity contribution is -0.0486. The van der Waals surface area contributed by atoms with E-state index in [4.69, 9.17) is 0 Å². The lowest BCUT2D eigenvalue weighted by Gasteiger charge is -2.54. The van der Waals surface area contributed by atoms with Crippen molar-refractivity contribution >= 4 is 0 Å². The van der Waals surface area contributed by atoms with Gasteiger partial charge in [-0.2, -0.15) is 0 Å². The van der Waals surface area contributed by atoms with Crippen molar-refractivity contribution in [2.24, 2.45) is 47.3 Å². The molecule has 80 heavy (non-hydrogen) atoms. The van der Waals surface area contributed by atoms with Crippen LogP contribution in [0.5, 0.6) is 0 Å². The Kier molecular flexibility index (Phi) is 56.4. The molecule has 0 amide bonds. The monoisotopic (exact) mass is 1120 g/mol. The first kappa shape index (κ1) is 76.1. The summed E-state index contributed by atoms with van der Waals surface area (Å²) in [5.41, 5.74) is 0. The molecule has 0 radical (unpaired) electrons. The molecular formula is C80H158. The van der Waals surface area contributed by atoms with Gasteiger partial charge in [0.05, 0.1) is 0 Å². The summed E-state index contributed by atoms with van der Waals surface area (Å²) in [6.07, 6.45) is 98.9. The van der Waals surface area contributed by atoms with Gasteiger partial charge in [0.2, 0.25) is 0 Å². The SMILES string of the molecule is CCCCCCCCCC1C(CCCCCCCCC)C(CCCCCCCCCCCCCCCCCCC2C(CCCCCCCCC)C(CCCCCCCCC)C2CCCCCCCCC)C1CCCCCCCCC. The third-order valence-electron chi connectivity index (χ3n) is 22.1. The molecule has 0 N–H and O–H groups in total. The zero-order valence-electron chi connectivity index (χ0n) is 57.3. The molecule has 2 aliphatic rings. The first-order valence-corrected chi connectivity index (χ1v) is 39.7. The minimum atomic E-state index is 1.08. The molecule has 2 aliphatic carbocycles. The fraction of sp³-hybridized carbons (Fsp3) is 1.00. The molecule has 0 heteroatoms. The molecule has 4 atom stereocenters. The van der Waals surface area contributed by atoms with Crippen LogP contribution >= 0.6 is 0 Å². The Balaban J connectivity index is 1.69. The normalized spacial score (nSPS) is 20.9. The van der Waals surface area contributed by atoms with E-state index in [2.05, 4.69) is 41.5 Å². The summed E-state index contributed by atoms with van der Waals surface area (Å²) < 4.78 is 0. The van der Waals surface area contributed by atoms with Gasteiger partial charge in [-0.15, -0.1) is 0 Å². The molecule has 0 saturated heterocycles. The molecule has 0 nitrogen and oxygen atoms in total. The molecule has 0 aromatic carbocycles. The van der Waals surface area contributed by atoms with Crippen molar-refractivity contribution in [2.75, 3.05) is 0 Å². The minimum Gasteiger partial charge on any atom is -0.0654 e. The van der Waals surface area contributed by atoms with Gasteiger partial charge in [-0.3, -0.25) is 0 Å². The van der Waals surface area contributed by atoms with Crippen LogP contribution in [0.15, 0.2) is 0 Å². The van der Waals surface area contributed by atoms with Crippen molar-refractivity contribution in [3.63, 3.8) is 0 Å². The van der Waals surface area contributed by atoms with Gasteiger partial charge in [-0.25, -0.2) is 0 Å². The minimum absolute atomic E-state index is 1.08. The summed E-state index contributed by atoms with van der Waals surface area (Å²) in [4.78, 5) is 0. The van der Waals surface area contributed by atoms with E-state index in [1.807, 2.05) is 0 Å². The maximum atomic E-state index is 2.36. The second-order valence-corrected chi connectivity index (χ2v) is 29.0. The molecule has 4 unspecified atom stereocenters. The number of hydrogen-bond donors (Lipinski definition) is 0. The molecule has 2 fully saturated rings. The van der Waals surface area contributed by atoms with Crippen LogP contribution in [0.1, 0.15) is 465 Å². The zero-order valence-corrected chi connectivity index (χ0v) is 57.3. The van der Waals surface area contributed by atoms with Gasteiger partial charge in [0, 0.05) is 0 Å². The molecule has 0 aromatic rings. The van der Waals surface area contributed by atoms with E-state index in [0.29, 0.717) is 0 Å². The lowest BCUT2D eigenvalue weighted by Crippen LogP contribution is -2.46. The Morgan fingerprint density at radius 3 is 0.263 bits per heavy atom. The summed E-state index contributed by atoms with van der Waals surface area (Å²) >= 11 is 0. The smallest absolute Gasteiger partial charge is 0.0352 e. The van der Waals surface area contributed by atoms with Crippen LogP contribution in [-0.2, 0) is 0 Å². The molecule has 0 spiro atoms. The van der Waals surface area contributed by atoms with Crippen molar-refractivity contribution in [1.82, 2.24) is 0 Å². The van der Waals surface area contributed by atoms with E-state index in [1.54, 1.807) is 51.4 Å². The zero-order chi connectivity index (χ0) is 57.3. The number of hydrogen-bond acceptors (Lipinski definition) is 0. The van der Waals surface area contributed by atoms with Gasteiger partial charge in [-0.05, 0) is 98.7 Å². The predicted octanol–water partition coefficient (Wildman–Crippen LogP) is 29.8. The average Bonchev–Trinajstić information content (AvgIpc) is 3.50. The summed E-state index contributed by atoms with van der Waals surface area (Å²) in [5.74, 6) is 8.63. The maximum absolute atomic E-state index is 2.36. The largest absolute Gasteiger partial charge is 0.0654 e. The van der Waals surface area contributed by atoms with Crippen LogP contribution in [0, 0.1) is 47.3 Å². The fourth-order valence-corrected chi connectivity index (χ4v) is 16.9. The van der Waals surface area contributed by atoms with Crippen molar-refractivity contribution in [2.45, 2.75) is 465 Å². The predicted molar refractivity (Wildman–Crippen MR) is 367 cm³/mol. The quantitative estimate of drug-likeness (QED) is 0.0533. The van der Waals surface area contributed by atoms with E-state index in [1.165, 1.54) is 372 Å². The highest BCUT2D eigenvalue weighted by Crippen LogP contribution is 2.56. The molecule has 2 saturated carbocycles.